The smallest absolute Gasteiger partial charge is 0.276 e. The van der Waals surface area contributed by atoms with Crippen LogP contribution >= 0.6 is 0 Å². The summed E-state index contributed by atoms with van der Waals surface area (Å²) in [7, 11) is 0. The first-order chi connectivity index (χ1) is 11.6. The molecule has 0 aliphatic rings. The van der Waals surface area contributed by atoms with E-state index in [1.54, 1.807) is 12.1 Å². The van der Waals surface area contributed by atoms with E-state index in [2.05, 4.69) is 10.9 Å². The molecule has 0 saturated carbocycles. The molecule has 0 aliphatic heterocycles. The third kappa shape index (κ3) is 5.31. The van der Waals surface area contributed by atoms with Crippen LogP contribution in [0.4, 0.5) is 0 Å². The van der Waals surface area contributed by atoms with Gasteiger partial charge in [-0.2, -0.15) is 0 Å². The highest BCUT2D eigenvalue weighted by atomic mass is 16.5. The maximum atomic E-state index is 11.7. The number of ether oxygens (including phenoxy) is 1. The van der Waals surface area contributed by atoms with Crippen molar-refractivity contribution in [2.24, 2.45) is 0 Å². The van der Waals surface area contributed by atoms with Crippen LogP contribution < -0.4 is 15.6 Å². The van der Waals surface area contributed by atoms with Gasteiger partial charge in [0.05, 0.1) is 6.26 Å². The van der Waals surface area contributed by atoms with Crippen molar-refractivity contribution in [3.05, 3.63) is 60.1 Å². The molecule has 6 heteroatoms. The van der Waals surface area contributed by atoms with E-state index in [1.807, 2.05) is 38.1 Å². The van der Waals surface area contributed by atoms with Gasteiger partial charge in [-0.3, -0.25) is 20.4 Å². The fourth-order valence-electron chi connectivity index (χ4n) is 1.99. The summed E-state index contributed by atoms with van der Waals surface area (Å²) >= 11 is 0. The number of furan rings is 1. The first kappa shape index (κ1) is 17.3. The zero-order valence-corrected chi connectivity index (χ0v) is 13.6. The number of amides is 2. The van der Waals surface area contributed by atoms with Gasteiger partial charge in [0.2, 0.25) is 0 Å². The van der Waals surface area contributed by atoms with Crippen molar-refractivity contribution in [2.45, 2.75) is 19.8 Å². The van der Waals surface area contributed by atoms with Gasteiger partial charge in [-0.15, -0.1) is 0 Å². The van der Waals surface area contributed by atoms with Gasteiger partial charge in [0.1, 0.15) is 11.5 Å². The van der Waals surface area contributed by atoms with Crippen molar-refractivity contribution in [2.75, 3.05) is 6.61 Å². The molecule has 2 N–H and O–H groups in total. The molecule has 0 saturated heterocycles. The second-order valence-electron chi connectivity index (χ2n) is 5.37. The van der Waals surface area contributed by atoms with Crippen LogP contribution in [0.3, 0.4) is 0 Å². The van der Waals surface area contributed by atoms with Crippen molar-refractivity contribution in [3.8, 4) is 5.75 Å². The molecule has 0 aliphatic carbocycles. The number of hydrazine groups is 1. The van der Waals surface area contributed by atoms with Crippen LogP contribution in [0.25, 0.3) is 6.08 Å². The molecule has 0 bridgehead atoms. The number of rotatable bonds is 6. The molecular weight excluding hydrogens is 308 g/mol. The first-order valence-electron chi connectivity index (χ1n) is 7.58. The fourth-order valence-corrected chi connectivity index (χ4v) is 1.99. The Hall–Kier alpha value is -3.02. The minimum Gasteiger partial charge on any atom is -0.483 e. The van der Waals surface area contributed by atoms with Crippen molar-refractivity contribution < 1.29 is 18.7 Å². The Morgan fingerprint density at radius 2 is 1.96 bits per heavy atom. The second kappa shape index (κ2) is 8.57. The van der Waals surface area contributed by atoms with Gasteiger partial charge in [0, 0.05) is 6.08 Å². The molecule has 2 aromatic rings. The van der Waals surface area contributed by atoms with Gasteiger partial charge >= 0.3 is 0 Å². The van der Waals surface area contributed by atoms with Gasteiger partial charge in [0.25, 0.3) is 11.8 Å². The standard InChI is InChI=1S/C18H20N2O4/c1-13(2)15-7-3-4-8-16(15)24-12-18(22)20-19-17(21)10-9-14-6-5-11-23-14/h3-11,13H,12H2,1-2H3,(H,19,21)(H,20,22). The summed E-state index contributed by atoms with van der Waals surface area (Å²) in [6, 6.07) is 11.0. The number of hydrogen-bond acceptors (Lipinski definition) is 4. The van der Waals surface area contributed by atoms with Crippen LogP contribution in [0.5, 0.6) is 5.75 Å². The summed E-state index contributed by atoms with van der Waals surface area (Å²) in [5, 5.41) is 0. The Kier molecular flexibility index (Phi) is 6.19. The van der Waals surface area contributed by atoms with E-state index in [1.165, 1.54) is 18.4 Å². The minimum atomic E-state index is -0.470. The lowest BCUT2D eigenvalue weighted by molar-refractivity contribution is -0.128. The van der Waals surface area contributed by atoms with E-state index in [-0.39, 0.29) is 12.5 Å². The number of nitrogens with one attached hydrogen (secondary N) is 2. The van der Waals surface area contributed by atoms with Crippen LogP contribution in [-0.4, -0.2) is 18.4 Å². The van der Waals surface area contributed by atoms with Gasteiger partial charge < -0.3 is 9.15 Å². The molecule has 0 spiro atoms. The summed E-state index contributed by atoms with van der Waals surface area (Å²) < 4.78 is 10.6. The summed E-state index contributed by atoms with van der Waals surface area (Å²) in [5.74, 6) is 0.572. The van der Waals surface area contributed by atoms with Gasteiger partial charge in [-0.05, 0) is 35.8 Å². The molecule has 2 rings (SSSR count). The van der Waals surface area contributed by atoms with E-state index in [9.17, 15) is 9.59 Å². The molecule has 0 radical (unpaired) electrons. The zero-order chi connectivity index (χ0) is 17.4. The Labute approximate surface area is 140 Å². The molecule has 6 nitrogen and oxygen atoms in total. The Bertz CT molecular complexity index is 706. The van der Waals surface area contributed by atoms with Crippen molar-refractivity contribution in [1.82, 2.24) is 10.9 Å². The van der Waals surface area contributed by atoms with Gasteiger partial charge in [-0.25, -0.2) is 0 Å². The SMILES string of the molecule is CC(C)c1ccccc1OCC(=O)NNC(=O)C=Cc1ccco1. The molecule has 0 atom stereocenters. The highest BCUT2D eigenvalue weighted by Gasteiger charge is 2.09. The molecule has 2 amide bonds. The summed E-state index contributed by atoms with van der Waals surface area (Å²) in [6.07, 6.45) is 4.26. The molecular formula is C18H20N2O4. The number of para-hydroxylation sites is 1. The maximum absolute atomic E-state index is 11.7. The largest absolute Gasteiger partial charge is 0.483 e. The van der Waals surface area contributed by atoms with E-state index < -0.39 is 11.8 Å². The zero-order valence-electron chi connectivity index (χ0n) is 13.6. The molecule has 1 aromatic carbocycles. The predicted octanol–water partition coefficient (Wildman–Crippen LogP) is 2.64. The number of carbonyl (C=O) groups is 2. The lowest BCUT2D eigenvalue weighted by atomic mass is 10.0. The lowest BCUT2D eigenvalue weighted by Gasteiger charge is -2.13. The van der Waals surface area contributed by atoms with E-state index in [0.29, 0.717) is 11.5 Å². The summed E-state index contributed by atoms with van der Waals surface area (Å²) in [4.78, 5) is 23.3. The van der Waals surface area contributed by atoms with Crippen LogP contribution in [-0.2, 0) is 9.59 Å². The molecule has 0 fully saturated rings. The number of carbonyl (C=O) groups excluding carboxylic acids is 2. The monoisotopic (exact) mass is 328 g/mol. The summed E-state index contributed by atoms with van der Waals surface area (Å²) in [6.45, 7) is 3.91. The van der Waals surface area contributed by atoms with E-state index in [0.717, 1.165) is 5.56 Å². The second-order valence-corrected chi connectivity index (χ2v) is 5.37. The van der Waals surface area contributed by atoms with Crippen LogP contribution in [0.2, 0.25) is 0 Å². The topological polar surface area (TPSA) is 80.6 Å². The van der Waals surface area contributed by atoms with Crippen LogP contribution in [0.15, 0.2) is 53.2 Å². The summed E-state index contributed by atoms with van der Waals surface area (Å²) in [5.41, 5.74) is 5.58. The van der Waals surface area contributed by atoms with Gasteiger partial charge in [0.15, 0.2) is 6.61 Å². The Balaban J connectivity index is 1.77. The van der Waals surface area contributed by atoms with Crippen LogP contribution in [0, 0.1) is 0 Å². The number of hydrogen-bond donors (Lipinski definition) is 2. The third-order valence-electron chi connectivity index (χ3n) is 3.17. The quantitative estimate of drug-likeness (QED) is 0.631. The Morgan fingerprint density at radius 1 is 1.17 bits per heavy atom. The Morgan fingerprint density at radius 3 is 2.67 bits per heavy atom. The molecule has 126 valence electrons. The number of benzene rings is 1. The van der Waals surface area contributed by atoms with Crippen molar-refractivity contribution in [1.29, 1.82) is 0 Å². The maximum Gasteiger partial charge on any atom is 0.276 e. The third-order valence-corrected chi connectivity index (χ3v) is 3.17. The molecule has 0 unspecified atom stereocenters. The van der Waals surface area contributed by atoms with E-state index in [4.69, 9.17) is 9.15 Å². The average Bonchev–Trinajstić information content (AvgIpc) is 3.10. The fraction of sp³-hybridized carbons (Fsp3) is 0.222. The predicted molar refractivity (Wildman–Crippen MR) is 90.1 cm³/mol. The first-order valence-corrected chi connectivity index (χ1v) is 7.58. The van der Waals surface area contributed by atoms with E-state index >= 15 is 0 Å². The highest BCUT2D eigenvalue weighted by molar-refractivity contribution is 5.92. The molecule has 1 heterocycles. The normalized spacial score (nSPS) is 10.8. The highest BCUT2D eigenvalue weighted by Crippen LogP contribution is 2.25. The molecule has 24 heavy (non-hydrogen) atoms. The van der Waals surface area contributed by atoms with Crippen molar-refractivity contribution in [3.63, 3.8) is 0 Å². The average molecular weight is 328 g/mol. The minimum absolute atomic E-state index is 0.189. The van der Waals surface area contributed by atoms with Gasteiger partial charge in [-0.1, -0.05) is 32.0 Å². The lowest BCUT2D eigenvalue weighted by Crippen LogP contribution is -2.43. The van der Waals surface area contributed by atoms with Crippen LogP contribution in [0.1, 0.15) is 31.1 Å². The van der Waals surface area contributed by atoms with Crippen molar-refractivity contribution >= 4 is 17.9 Å². The molecule has 1 aromatic heterocycles.